The highest BCUT2D eigenvalue weighted by molar-refractivity contribution is 5.24. The van der Waals surface area contributed by atoms with Gasteiger partial charge in [-0.25, -0.2) is 4.39 Å². The van der Waals surface area contributed by atoms with Crippen molar-refractivity contribution in [2.45, 2.75) is 25.8 Å². The fourth-order valence-corrected chi connectivity index (χ4v) is 2.33. The van der Waals surface area contributed by atoms with E-state index in [1.807, 2.05) is 19.2 Å². The predicted octanol–water partition coefficient (Wildman–Crippen LogP) is 3.51. The van der Waals surface area contributed by atoms with Gasteiger partial charge in [0.15, 0.2) is 0 Å². The third-order valence-corrected chi connectivity index (χ3v) is 3.40. The quantitative estimate of drug-likeness (QED) is 0.864. The van der Waals surface area contributed by atoms with Crippen LogP contribution >= 0.6 is 0 Å². The number of aryl methyl sites for hydroxylation is 1. The molecule has 2 aromatic rings. The van der Waals surface area contributed by atoms with Crippen molar-refractivity contribution in [1.82, 2.24) is 5.32 Å². The Balaban J connectivity index is 2.07. The molecule has 0 saturated heterocycles. The van der Waals surface area contributed by atoms with Gasteiger partial charge in [-0.15, -0.1) is 0 Å². The van der Waals surface area contributed by atoms with Crippen molar-refractivity contribution in [2.24, 2.45) is 0 Å². The zero-order valence-electron chi connectivity index (χ0n) is 11.5. The molecule has 1 N–H and O–H groups in total. The Morgan fingerprint density at radius 1 is 1.05 bits per heavy atom. The van der Waals surface area contributed by atoms with Crippen LogP contribution in [0, 0.1) is 12.7 Å². The highest BCUT2D eigenvalue weighted by Crippen LogP contribution is 2.13. The molecule has 19 heavy (non-hydrogen) atoms. The third-order valence-electron chi connectivity index (χ3n) is 3.40. The molecule has 0 fully saturated rings. The molecule has 0 bridgehead atoms. The first-order valence-electron chi connectivity index (χ1n) is 6.65. The van der Waals surface area contributed by atoms with Crippen LogP contribution in [-0.2, 0) is 12.8 Å². The van der Waals surface area contributed by atoms with Gasteiger partial charge in [-0.3, -0.25) is 0 Å². The van der Waals surface area contributed by atoms with E-state index < -0.39 is 0 Å². The molecule has 0 heterocycles. The Bertz CT molecular complexity index is 536. The van der Waals surface area contributed by atoms with Crippen molar-refractivity contribution >= 4 is 0 Å². The SMILES string of the molecule is CNC(Cc1cccc(C)c1)Cc1ccccc1F. The normalized spacial score (nSPS) is 12.4. The van der Waals surface area contributed by atoms with Crippen LogP contribution in [0.3, 0.4) is 0 Å². The van der Waals surface area contributed by atoms with Crippen LogP contribution in [0.4, 0.5) is 4.39 Å². The van der Waals surface area contributed by atoms with Gasteiger partial charge in [0.2, 0.25) is 0 Å². The summed E-state index contributed by atoms with van der Waals surface area (Å²) in [4.78, 5) is 0. The molecule has 0 amide bonds. The van der Waals surface area contributed by atoms with E-state index in [0.29, 0.717) is 6.42 Å². The van der Waals surface area contributed by atoms with E-state index in [2.05, 4.69) is 36.5 Å². The summed E-state index contributed by atoms with van der Waals surface area (Å²) in [6.45, 7) is 2.09. The van der Waals surface area contributed by atoms with Crippen molar-refractivity contribution in [3.8, 4) is 0 Å². The van der Waals surface area contributed by atoms with Gasteiger partial charge in [0.25, 0.3) is 0 Å². The summed E-state index contributed by atoms with van der Waals surface area (Å²) in [5, 5.41) is 3.28. The lowest BCUT2D eigenvalue weighted by molar-refractivity contribution is 0.532. The van der Waals surface area contributed by atoms with Gasteiger partial charge in [0.05, 0.1) is 0 Å². The highest BCUT2D eigenvalue weighted by Gasteiger charge is 2.11. The average molecular weight is 257 g/mol. The minimum Gasteiger partial charge on any atom is -0.316 e. The number of rotatable bonds is 5. The summed E-state index contributed by atoms with van der Waals surface area (Å²) in [6, 6.07) is 15.7. The fourth-order valence-electron chi connectivity index (χ4n) is 2.33. The maximum Gasteiger partial charge on any atom is 0.126 e. The molecule has 1 atom stereocenters. The number of hydrogen-bond acceptors (Lipinski definition) is 1. The molecule has 2 heteroatoms. The summed E-state index contributed by atoms with van der Waals surface area (Å²) < 4.78 is 13.7. The molecule has 1 nitrogen and oxygen atoms in total. The van der Waals surface area contributed by atoms with E-state index in [4.69, 9.17) is 0 Å². The standard InChI is InChI=1S/C17H20FN/c1-13-6-5-7-14(10-13)11-16(19-2)12-15-8-3-4-9-17(15)18/h3-10,16,19H,11-12H2,1-2H3. The van der Waals surface area contributed by atoms with Crippen LogP contribution in [0.25, 0.3) is 0 Å². The van der Waals surface area contributed by atoms with Crippen molar-refractivity contribution < 1.29 is 4.39 Å². The van der Waals surface area contributed by atoms with E-state index in [1.54, 1.807) is 6.07 Å². The first kappa shape index (κ1) is 13.8. The first-order valence-corrected chi connectivity index (χ1v) is 6.65. The Morgan fingerprint density at radius 3 is 2.53 bits per heavy atom. The molecule has 0 aliphatic rings. The van der Waals surface area contributed by atoms with Gasteiger partial charge >= 0.3 is 0 Å². The molecule has 2 rings (SSSR count). The fraction of sp³-hybridized carbons (Fsp3) is 0.294. The Hall–Kier alpha value is -1.67. The van der Waals surface area contributed by atoms with Gasteiger partial charge in [0.1, 0.15) is 5.82 Å². The summed E-state index contributed by atoms with van der Waals surface area (Å²) in [5.74, 6) is -0.119. The van der Waals surface area contributed by atoms with E-state index in [1.165, 1.54) is 17.2 Å². The van der Waals surface area contributed by atoms with Gasteiger partial charge in [-0.05, 0) is 44.0 Å². The minimum atomic E-state index is -0.119. The molecular formula is C17H20FN. The number of benzene rings is 2. The summed E-state index contributed by atoms with van der Waals surface area (Å²) in [6.07, 6.45) is 1.61. The molecule has 0 radical (unpaired) electrons. The molecule has 0 spiro atoms. The van der Waals surface area contributed by atoms with Crippen LogP contribution in [0.2, 0.25) is 0 Å². The highest BCUT2D eigenvalue weighted by atomic mass is 19.1. The van der Waals surface area contributed by atoms with Crippen molar-refractivity contribution in [3.05, 3.63) is 71.0 Å². The van der Waals surface area contributed by atoms with Crippen molar-refractivity contribution in [2.75, 3.05) is 7.05 Å². The van der Waals surface area contributed by atoms with E-state index in [0.717, 1.165) is 12.0 Å². The first-order chi connectivity index (χ1) is 9.19. The second-order valence-electron chi connectivity index (χ2n) is 4.97. The van der Waals surface area contributed by atoms with Gasteiger partial charge < -0.3 is 5.32 Å². The van der Waals surface area contributed by atoms with E-state index >= 15 is 0 Å². The van der Waals surface area contributed by atoms with Gasteiger partial charge in [-0.2, -0.15) is 0 Å². The summed E-state index contributed by atoms with van der Waals surface area (Å²) in [5.41, 5.74) is 3.32. The third kappa shape index (κ3) is 3.90. The molecule has 0 saturated carbocycles. The molecular weight excluding hydrogens is 237 g/mol. The monoisotopic (exact) mass is 257 g/mol. The van der Waals surface area contributed by atoms with Crippen LogP contribution in [-0.4, -0.2) is 13.1 Å². The Morgan fingerprint density at radius 2 is 1.84 bits per heavy atom. The van der Waals surface area contributed by atoms with Crippen LogP contribution in [0.5, 0.6) is 0 Å². The smallest absolute Gasteiger partial charge is 0.126 e. The predicted molar refractivity (Wildman–Crippen MR) is 77.8 cm³/mol. The molecule has 0 aromatic heterocycles. The lowest BCUT2D eigenvalue weighted by Gasteiger charge is -2.17. The lowest BCUT2D eigenvalue weighted by Crippen LogP contribution is -2.30. The minimum absolute atomic E-state index is 0.119. The van der Waals surface area contributed by atoms with Gasteiger partial charge in [-0.1, -0.05) is 48.0 Å². The topological polar surface area (TPSA) is 12.0 Å². The molecule has 1 unspecified atom stereocenters. The lowest BCUT2D eigenvalue weighted by atomic mass is 9.98. The number of likely N-dealkylation sites (N-methyl/N-ethyl adjacent to an activating group) is 1. The largest absolute Gasteiger partial charge is 0.316 e. The van der Waals surface area contributed by atoms with Crippen molar-refractivity contribution in [1.29, 1.82) is 0 Å². The maximum absolute atomic E-state index is 13.7. The number of nitrogens with one attached hydrogen (secondary N) is 1. The molecule has 0 aliphatic carbocycles. The van der Waals surface area contributed by atoms with E-state index in [9.17, 15) is 4.39 Å². The van der Waals surface area contributed by atoms with Crippen molar-refractivity contribution in [3.63, 3.8) is 0 Å². The Kier molecular flexibility index (Phi) is 4.69. The summed E-state index contributed by atoms with van der Waals surface area (Å²) >= 11 is 0. The van der Waals surface area contributed by atoms with Gasteiger partial charge in [0, 0.05) is 6.04 Å². The zero-order chi connectivity index (χ0) is 13.7. The zero-order valence-corrected chi connectivity index (χ0v) is 11.5. The second-order valence-corrected chi connectivity index (χ2v) is 4.97. The number of halogens is 1. The Labute approximate surface area is 114 Å². The molecule has 100 valence electrons. The van der Waals surface area contributed by atoms with E-state index in [-0.39, 0.29) is 11.9 Å². The maximum atomic E-state index is 13.7. The van der Waals surface area contributed by atoms with Crippen LogP contribution < -0.4 is 5.32 Å². The summed E-state index contributed by atoms with van der Waals surface area (Å²) in [7, 11) is 1.93. The molecule has 2 aromatic carbocycles. The average Bonchev–Trinajstić information content (AvgIpc) is 2.40. The van der Waals surface area contributed by atoms with Crippen LogP contribution in [0.1, 0.15) is 16.7 Å². The second kappa shape index (κ2) is 6.48. The number of hydrogen-bond donors (Lipinski definition) is 1. The van der Waals surface area contributed by atoms with Crippen LogP contribution in [0.15, 0.2) is 48.5 Å². The molecule has 0 aliphatic heterocycles.